The van der Waals surface area contributed by atoms with E-state index >= 15 is 0 Å². The molecule has 0 aliphatic heterocycles. The third kappa shape index (κ3) is 6.32. The van der Waals surface area contributed by atoms with E-state index < -0.39 is 0 Å². The number of benzene rings is 2. The Morgan fingerprint density at radius 2 is 1.62 bits per heavy atom. The SMILES string of the molecule is CC(C)(C)c1ccc(SNc2ccc(Cl)cc2C(=N)c2ccncc2)cc1.CO. The number of aromatic nitrogens is 1. The Morgan fingerprint density at radius 1 is 1.00 bits per heavy atom. The molecule has 1 heterocycles. The predicted molar refractivity (Wildman–Crippen MR) is 124 cm³/mol. The molecule has 0 radical (unpaired) electrons. The molecule has 152 valence electrons. The highest BCUT2D eigenvalue weighted by molar-refractivity contribution is 8.00. The first-order chi connectivity index (χ1) is 13.8. The molecule has 3 N–H and O–H groups in total. The molecule has 0 unspecified atom stereocenters. The number of rotatable bonds is 5. The maximum absolute atomic E-state index is 8.55. The maximum Gasteiger partial charge on any atom is 0.0707 e. The molecule has 0 aliphatic rings. The van der Waals surface area contributed by atoms with Crippen molar-refractivity contribution in [2.45, 2.75) is 31.1 Å². The molecular weight excluding hydrogens is 402 g/mol. The zero-order valence-electron chi connectivity index (χ0n) is 17.0. The Balaban J connectivity index is 0.00000145. The summed E-state index contributed by atoms with van der Waals surface area (Å²) in [4.78, 5) is 5.13. The number of nitrogens with one attached hydrogen (secondary N) is 2. The summed E-state index contributed by atoms with van der Waals surface area (Å²) >= 11 is 7.71. The second kappa shape index (κ2) is 10.4. The van der Waals surface area contributed by atoms with Gasteiger partial charge in [0.25, 0.3) is 0 Å². The quantitative estimate of drug-likeness (QED) is 0.336. The van der Waals surface area contributed by atoms with Crippen LogP contribution in [0.4, 0.5) is 5.69 Å². The van der Waals surface area contributed by atoms with E-state index in [1.54, 1.807) is 12.4 Å². The molecular formula is C23H26ClN3OS. The third-order valence-corrected chi connectivity index (χ3v) is 5.28. The number of aliphatic hydroxyl groups excluding tert-OH is 1. The van der Waals surface area contributed by atoms with Gasteiger partial charge >= 0.3 is 0 Å². The highest BCUT2D eigenvalue weighted by Gasteiger charge is 2.14. The van der Waals surface area contributed by atoms with Crippen molar-refractivity contribution < 1.29 is 5.11 Å². The van der Waals surface area contributed by atoms with Crippen LogP contribution < -0.4 is 4.72 Å². The largest absolute Gasteiger partial charge is 0.400 e. The molecule has 4 nitrogen and oxygen atoms in total. The molecule has 3 aromatic rings. The third-order valence-electron chi connectivity index (χ3n) is 4.22. The van der Waals surface area contributed by atoms with Crippen molar-refractivity contribution >= 4 is 34.9 Å². The van der Waals surface area contributed by atoms with Gasteiger partial charge < -0.3 is 9.83 Å². The van der Waals surface area contributed by atoms with Crippen molar-refractivity contribution in [3.63, 3.8) is 0 Å². The van der Waals surface area contributed by atoms with E-state index in [-0.39, 0.29) is 5.41 Å². The Hall–Kier alpha value is -2.34. The molecule has 0 saturated heterocycles. The van der Waals surface area contributed by atoms with Crippen molar-refractivity contribution in [2.24, 2.45) is 0 Å². The van der Waals surface area contributed by atoms with Crippen LogP contribution in [0.3, 0.4) is 0 Å². The molecule has 0 spiro atoms. The van der Waals surface area contributed by atoms with Gasteiger partial charge in [-0.3, -0.25) is 10.4 Å². The van der Waals surface area contributed by atoms with Crippen LogP contribution in [0.5, 0.6) is 0 Å². The number of hydrogen-bond donors (Lipinski definition) is 3. The fourth-order valence-corrected chi connectivity index (χ4v) is 3.47. The van der Waals surface area contributed by atoms with Crippen LogP contribution in [-0.2, 0) is 5.41 Å². The lowest BCUT2D eigenvalue weighted by Gasteiger charge is -2.19. The van der Waals surface area contributed by atoms with Crippen LogP contribution in [0.25, 0.3) is 0 Å². The zero-order chi connectivity index (χ0) is 21.4. The second-order valence-corrected chi connectivity index (χ2v) is 8.60. The monoisotopic (exact) mass is 427 g/mol. The van der Waals surface area contributed by atoms with Crippen molar-refractivity contribution in [1.82, 2.24) is 4.98 Å². The van der Waals surface area contributed by atoms with Gasteiger partial charge in [0.2, 0.25) is 0 Å². The zero-order valence-corrected chi connectivity index (χ0v) is 18.6. The molecule has 0 atom stereocenters. The lowest BCUT2D eigenvalue weighted by molar-refractivity contribution is 0.399. The molecule has 0 saturated carbocycles. The van der Waals surface area contributed by atoms with Crippen molar-refractivity contribution in [1.29, 1.82) is 5.41 Å². The van der Waals surface area contributed by atoms with Crippen LogP contribution in [0.2, 0.25) is 5.02 Å². The van der Waals surface area contributed by atoms with E-state index in [0.29, 0.717) is 10.7 Å². The van der Waals surface area contributed by atoms with Crippen molar-refractivity contribution in [2.75, 3.05) is 11.8 Å². The van der Waals surface area contributed by atoms with Gasteiger partial charge in [-0.05, 0) is 65.4 Å². The number of hydrogen-bond acceptors (Lipinski definition) is 5. The lowest BCUT2D eigenvalue weighted by atomic mass is 9.87. The van der Waals surface area contributed by atoms with Gasteiger partial charge in [0.15, 0.2) is 0 Å². The summed E-state index contributed by atoms with van der Waals surface area (Å²) in [6.07, 6.45) is 3.38. The molecule has 3 rings (SSSR count). The first-order valence-electron chi connectivity index (χ1n) is 9.11. The van der Waals surface area contributed by atoms with E-state index in [1.807, 2.05) is 30.3 Å². The molecule has 0 bridgehead atoms. The summed E-state index contributed by atoms with van der Waals surface area (Å²) in [5.41, 5.74) is 4.26. The summed E-state index contributed by atoms with van der Waals surface area (Å²) in [6, 6.07) is 17.7. The Kier molecular flexibility index (Phi) is 8.26. The van der Waals surface area contributed by atoms with Crippen LogP contribution in [-0.4, -0.2) is 22.9 Å². The first-order valence-corrected chi connectivity index (χ1v) is 10.3. The molecule has 0 amide bonds. The maximum atomic E-state index is 8.55. The standard InChI is InChI=1S/C22H22ClN3S.CH4O/c1-22(2,3)16-4-7-18(8-5-16)27-26-20-9-6-17(23)14-19(20)21(24)15-10-12-25-13-11-15;1-2/h4-14,24,26H,1-3H3;2H,1H3. The Labute approximate surface area is 182 Å². The first kappa shape index (κ1) is 22.9. The number of pyridine rings is 1. The Morgan fingerprint density at radius 3 is 2.21 bits per heavy atom. The fourth-order valence-electron chi connectivity index (χ4n) is 2.62. The summed E-state index contributed by atoms with van der Waals surface area (Å²) in [5.74, 6) is 0. The minimum atomic E-state index is 0.138. The van der Waals surface area contributed by atoms with E-state index in [2.05, 4.69) is 54.7 Å². The number of anilines is 1. The van der Waals surface area contributed by atoms with E-state index in [1.165, 1.54) is 17.5 Å². The van der Waals surface area contributed by atoms with E-state index in [4.69, 9.17) is 22.1 Å². The highest BCUT2D eigenvalue weighted by Crippen LogP contribution is 2.29. The van der Waals surface area contributed by atoms with Crippen LogP contribution in [0, 0.1) is 5.41 Å². The van der Waals surface area contributed by atoms with Gasteiger partial charge in [0.05, 0.1) is 11.4 Å². The predicted octanol–water partition coefficient (Wildman–Crippen LogP) is 6.18. The molecule has 6 heteroatoms. The fraction of sp³-hybridized carbons (Fsp3) is 0.217. The molecule has 0 aliphatic carbocycles. The minimum absolute atomic E-state index is 0.138. The highest BCUT2D eigenvalue weighted by atomic mass is 35.5. The summed E-state index contributed by atoms with van der Waals surface area (Å²) in [6.45, 7) is 6.62. The van der Waals surface area contributed by atoms with Gasteiger partial charge in [0.1, 0.15) is 0 Å². The molecule has 1 aromatic heterocycles. The van der Waals surface area contributed by atoms with E-state index in [0.717, 1.165) is 28.8 Å². The smallest absolute Gasteiger partial charge is 0.0707 e. The van der Waals surface area contributed by atoms with Gasteiger partial charge in [-0.2, -0.15) is 0 Å². The Bertz CT molecular complexity index is 939. The van der Waals surface area contributed by atoms with E-state index in [9.17, 15) is 0 Å². The summed E-state index contributed by atoms with van der Waals surface area (Å²) in [7, 11) is 1.00. The summed E-state index contributed by atoms with van der Waals surface area (Å²) in [5, 5.41) is 16.2. The van der Waals surface area contributed by atoms with Crippen molar-refractivity contribution in [3.05, 3.63) is 88.7 Å². The average molecular weight is 428 g/mol. The van der Waals surface area contributed by atoms with Gasteiger partial charge in [-0.15, -0.1) is 0 Å². The van der Waals surface area contributed by atoms with Gasteiger partial charge in [0, 0.05) is 40.5 Å². The van der Waals surface area contributed by atoms with Gasteiger partial charge in [-0.1, -0.05) is 44.5 Å². The molecule has 0 fully saturated rings. The lowest BCUT2D eigenvalue weighted by Crippen LogP contribution is -2.10. The topological polar surface area (TPSA) is 69.0 Å². The molecule has 29 heavy (non-hydrogen) atoms. The molecule has 2 aromatic carbocycles. The number of nitrogens with zero attached hydrogens (tertiary/aromatic N) is 1. The van der Waals surface area contributed by atoms with Gasteiger partial charge in [-0.25, -0.2) is 0 Å². The normalized spacial score (nSPS) is 10.7. The number of halogens is 1. The second-order valence-electron chi connectivity index (χ2n) is 7.28. The minimum Gasteiger partial charge on any atom is -0.400 e. The van der Waals surface area contributed by atoms with Crippen LogP contribution in [0.1, 0.15) is 37.5 Å². The van der Waals surface area contributed by atoms with Crippen LogP contribution in [0.15, 0.2) is 71.9 Å². The summed E-state index contributed by atoms with van der Waals surface area (Å²) < 4.78 is 3.37. The average Bonchev–Trinajstić information content (AvgIpc) is 2.74. The van der Waals surface area contributed by atoms with Crippen molar-refractivity contribution in [3.8, 4) is 0 Å². The van der Waals surface area contributed by atoms with Crippen LogP contribution >= 0.6 is 23.5 Å². The number of aliphatic hydroxyl groups is 1.